The van der Waals surface area contributed by atoms with Crippen molar-refractivity contribution in [3.63, 3.8) is 0 Å². The smallest absolute Gasteiger partial charge is 0.286 e. The number of phosphoric ester groups is 1. The second kappa shape index (κ2) is 16.3. The Morgan fingerprint density at radius 1 is 0.870 bits per heavy atom. The molecule has 0 rings (SSSR count). The summed E-state index contributed by atoms with van der Waals surface area (Å²) in [5, 5.41) is 0. The summed E-state index contributed by atoms with van der Waals surface area (Å²) < 4.78 is 27.6. The van der Waals surface area contributed by atoms with Crippen LogP contribution < -0.4 is 0 Å². The molecule has 0 aliphatic rings. The van der Waals surface area contributed by atoms with E-state index in [1.807, 2.05) is 0 Å². The molecule has 0 N–H and O–H groups in total. The maximum atomic E-state index is 12.3. The van der Waals surface area contributed by atoms with E-state index in [0.717, 1.165) is 32.1 Å². The maximum Gasteiger partial charge on any atom is 0.486 e. The Hall–Kier alpha value is 0.810. The Bertz CT molecular complexity index is 306. The van der Waals surface area contributed by atoms with E-state index in [1.165, 1.54) is 44.9 Å². The van der Waals surface area contributed by atoms with E-state index >= 15 is 0 Å². The molecule has 0 saturated heterocycles. The fraction of sp³-hybridized carbons (Fsp3) is 1.00. The highest BCUT2D eigenvalue weighted by Gasteiger charge is 2.28. The van der Waals surface area contributed by atoms with Crippen molar-refractivity contribution in [1.82, 2.24) is 0 Å². The molecule has 0 aromatic carbocycles. The summed E-state index contributed by atoms with van der Waals surface area (Å²) in [5.41, 5.74) is -0.445. The van der Waals surface area contributed by atoms with Crippen LogP contribution in [0.3, 0.4) is 0 Å². The van der Waals surface area contributed by atoms with Gasteiger partial charge >= 0.3 is 7.82 Å². The summed E-state index contributed by atoms with van der Waals surface area (Å²) in [7, 11) is -3.59. The molecule has 0 aromatic rings. The third-order valence-electron chi connectivity index (χ3n) is 3.65. The van der Waals surface area contributed by atoms with Crippen LogP contribution in [-0.2, 0) is 17.6 Å². The average molecular weight is 387 g/mol. The molecule has 23 heavy (non-hydrogen) atoms. The molecule has 0 saturated carbocycles. The van der Waals surface area contributed by atoms with Crippen molar-refractivity contribution in [2.24, 2.45) is 0 Å². The monoisotopic (exact) mass is 386 g/mol. The third kappa shape index (κ3) is 14.8. The fourth-order valence-corrected chi connectivity index (χ4v) is 3.94. The van der Waals surface area contributed by atoms with Crippen LogP contribution in [0.25, 0.3) is 0 Å². The quantitative estimate of drug-likeness (QED) is 0.0931. The van der Waals surface area contributed by atoms with Gasteiger partial charge in [0.2, 0.25) is 0 Å². The van der Waals surface area contributed by atoms with E-state index in [4.69, 9.17) is 9.05 Å². The van der Waals surface area contributed by atoms with Crippen molar-refractivity contribution < 1.29 is 17.6 Å². The summed E-state index contributed by atoms with van der Waals surface area (Å²) in [6.45, 7) is 4.74. The maximum absolute atomic E-state index is 12.3. The van der Waals surface area contributed by atoms with Gasteiger partial charge < -0.3 is 0 Å². The van der Waals surface area contributed by atoms with Crippen LogP contribution in [0.4, 0.5) is 0 Å². The first-order valence-corrected chi connectivity index (χ1v) is 11.4. The molecule has 7 heteroatoms. The van der Waals surface area contributed by atoms with Gasteiger partial charge in [0.25, 0.3) is 0 Å². The molecule has 0 fully saturated rings. The Kier molecular flexibility index (Phi) is 16.9. The van der Waals surface area contributed by atoms with Crippen molar-refractivity contribution in [1.29, 1.82) is 0 Å². The van der Waals surface area contributed by atoms with Crippen LogP contribution in [0.15, 0.2) is 0 Å². The summed E-state index contributed by atoms with van der Waals surface area (Å²) in [5.74, 6) is 0. The molecule has 2 atom stereocenters. The van der Waals surface area contributed by atoms with E-state index in [-0.39, 0.29) is 0 Å². The predicted molar refractivity (Wildman–Crippen MR) is 104 cm³/mol. The molecule has 0 aliphatic carbocycles. The SMILES string of the molecule is CCCCCCCCOP(=O)(OS)OC(S)CCCCCCC. The lowest BCUT2D eigenvalue weighted by molar-refractivity contribution is 0.146. The summed E-state index contributed by atoms with van der Waals surface area (Å²) >= 11 is 7.95. The number of thiol groups is 2. The Balaban J connectivity index is 3.79. The zero-order chi connectivity index (χ0) is 17.4. The Labute approximate surface area is 154 Å². The highest BCUT2D eigenvalue weighted by Crippen LogP contribution is 2.52. The molecule has 0 bridgehead atoms. The highest BCUT2D eigenvalue weighted by molar-refractivity contribution is 7.82. The third-order valence-corrected chi connectivity index (χ3v) is 5.99. The standard InChI is InChI=1S/C16H35O4PS2/c1-3-5-7-9-11-13-15-18-21(17,20-23)19-16(22)14-12-10-8-6-4-2/h16,22-23H,3-15H2,1-2H3. The van der Waals surface area contributed by atoms with E-state index in [2.05, 4.69) is 43.4 Å². The first-order chi connectivity index (χ1) is 11.1. The number of hydrogen-bond acceptors (Lipinski definition) is 6. The largest absolute Gasteiger partial charge is 0.486 e. The zero-order valence-corrected chi connectivity index (χ0v) is 17.4. The van der Waals surface area contributed by atoms with Crippen molar-refractivity contribution in [3.8, 4) is 0 Å². The molecule has 140 valence electrons. The van der Waals surface area contributed by atoms with Crippen LogP contribution >= 0.6 is 33.4 Å². The first kappa shape index (κ1) is 23.8. The molecule has 0 heterocycles. The van der Waals surface area contributed by atoms with Crippen molar-refractivity contribution in [2.45, 2.75) is 96.3 Å². The van der Waals surface area contributed by atoms with Gasteiger partial charge in [0, 0.05) is 0 Å². The molecule has 0 aromatic heterocycles. The van der Waals surface area contributed by atoms with Crippen molar-refractivity contribution >= 4 is 33.4 Å². The van der Waals surface area contributed by atoms with E-state index < -0.39 is 13.3 Å². The summed E-state index contributed by atoms with van der Waals surface area (Å²) in [4.78, 5) is 0. The highest BCUT2D eigenvalue weighted by atomic mass is 32.1. The number of hydrogen-bond donors (Lipinski definition) is 2. The lowest BCUT2D eigenvalue weighted by Crippen LogP contribution is -2.06. The molecule has 4 nitrogen and oxygen atoms in total. The minimum atomic E-state index is -3.59. The second-order valence-corrected chi connectivity index (χ2v) is 8.49. The average Bonchev–Trinajstić information content (AvgIpc) is 2.54. The van der Waals surface area contributed by atoms with Gasteiger partial charge in [-0.05, 0) is 32.2 Å². The summed E-state index contributed by atoms with van der Waals surface area (Å²) in [6, 6.07) is 0. The molecular weight excluding hydrogens is 351 g/mol. The van der Waals surface area contributed by atoms with Gasteiger partial charge in [-0.3, -0.25) is 9.05 Å². The topological polar surface area (TPSA) is 44.8 Å². The lowest BCUT2D eigenvalue weighted by Gasteiger charge is -2.19. The van der Waals surface area contributed by atoms with Gasteiger partial charge in [-0.1, -0.05) is 71.6 Å². The van der Waals surface area contributed by atoms with Gasteiger partial charge in [0.05, 0.1) is 6.61 Å². The van der Waals surface area contributed by atoms with Gasteiger partial charge in [-0.25, -0.2) is 8.54 Å². The molecular formula is C16H35O4PS2. The Morgan fingerprint density at radius 3 is 1.96 bits per heavy atom. The molecule has 0 spiro atoms. The van der Waals surface area contributed by atoms with Gasteiger partial charge in [0.15, 0.2) is 0 Å². The van der Waals surface area contributed by atoms with Gasteiger partial charge in [-0.2, -0.15) is 0 Å². The number of phosphoric acid groups is 1. The van der Waals surface area contributed by atoms with Crippen molar-refractivity contribution in [2.75, 3.05) is 6.61 Å². The molecule has 0 radical (unpaired) electrons. The van der Waals surface area contributed by atoms with Gasteiger partial charge in [0.1, 0.15) is 5.44 Å². The second-order valence-electron chi connectivity index (χ2n) is 5.89. The minimum absolute atomic E-state index is 0.362. The van der Waals surface area contributed by atoms with Crippen LogP contribution in [0, 0.1) is 0 Å². The van der Waals surface area contributed by atoms with Crippen molar-refractivity contribution in [3.05, 3.63) is 0 Å². The van der Waals surface area contributed by atoms with E-state index in [9.17, 15) is 4.57 Å². The van der Waals surface area contributed by atoms with Gasteiger partial charge in [-0.15, -0.1) is 12.6 Å². The molecule has 2 unspecified atom stereocenters. The molecule has 0 amide bonds. The number of rotatable bonds is 17. The van der Waals surface area contributed by atoms with Crippen LogP contribution in [0.5, 0.6) is 0 Å². The fourth-order valence-electron chi connectivity index (χ4n) is 2.26. The van der Waals surface area contributed by atoms with Crippen LogP contribution in [0.2, 0.25) is 0 Å². The number of unbranched alkanes of at least 4 members (excludes halogenated alkanes) is 9. The lowest BCUT2D eigenvalue weighted by atomic mass is 10.1. The summed E-state index contributed by atoms with van der Waals surface area (Å²) in [6.07, 6.45) is 13.4. The first-order valence-electron chi connectivity index (χ1n) is 9.02. The zero-order valence-electron chi connectivity index (χ0n) is 14.7. The van der Waals surface area contributed by atoms with Crippen LogP contribution in [-0.4, -0.2) is 12.0 Å². The Morgan fingerprint density at radius 2 is 1.39 bits per heavy atom. The van der Waals surface area contributed by atoms with E-state index in [1.54, 1.807) is 0 Å². The van der Waals surface area contributed by atoms with E-state index in [0.29, 0.717) is 6.61 Å². The predicted octanol–water partition coefficient (Wildman–Crippen LogP) is 6.97. The minimum Gasteiger partial charge on any atom is -0.286 e. The van der Waals surface area contributed by atoms with Crippen LogP contribution in [0.1, 0.15) is 90.9 Å². The molecule has 0 aliphatic heterocycles. The normalized spacial score (nSPS) is 15.5.